The summed E-state index contributed by atoms with van der Waals surface area (Å²) in [5, 5.41) is 3.37. The molecule has 16 heavy (non-hydrogen) atoms. The summed E-state index contributed by atoms with van der Waals surface area (Å²) in [5.74, 6) is 1.03. The molecule has 2 unspecified atom stereocenters. The van der Waals surface area contributed by atoms with Gasteiger partial charge in [-0.2, -0.15) is 0 Å². The number of hydrogen-bond acceptors (Lipinski definition) is 3. The molecule has 92 valence electrons. The maximum absolute atomic E-state index is 12.2. The van der Waals surface area contributed by atoms with Crippen molar-refractivity contribution in [3.05, 3.63) is 0 Å². The highest BCUT2D eigenvalue weighted by Gasteiger charge is 2.57. The number of carbonyl (C=O) groups excluding carboxylic acids is 1. The van der Waals surface area contributed by atoms with E-state index in [0.717, 1.165) is 25.9 Å². The number of ketones is 1. The zero-order valence-electron chi connectivity index (χ0n) is 10.4. The third-order valence-electron chi connectivity index (χ3n) is 4.37. The molecule has 0 aromatic rings. The fraction of sp³-hybridized carbons (Fsp3) is 0.923. The van der Waals surface area contributed by atoms with Gasteiger partial charge in [0.15, 0.2) is 0 Å². The van der Waals surface area contributed by atoms with E-state index in [0.29, 0.717) is 23.7 Å². The van der Waals surface area contributed by atoms with E-state index in [4.69, 9.17) is 4.74 Å². The van der Waals surface area contributed by atoms with Crippen molar-refractivity contribution in [1.82, 2.24) is 5.32 Å². The lowest BCUT2D eigenvalue weighted by Crippen LogP contribution is -2.31. The van der Waals surface area contributed by atoms with Crippen LogP contribution in [0.25, 0.3) is 0 Å². The number of hydrogen-bond donors (Lipinski definition) is 1. The maximum atomic E-state index is 12.2. The first-order chi connectivity index (χ1) is 7.69. The van der Waals surface area contributed by atoms with Crippen LogP contribution in [-0.4, -0.2) is 32.6 Å². The fourth-order valence-electron chi connectivity index (χ4n) is 3.01. The Bertz CT molecular complexity index is 259. The van der Waals surface area contributed by atoms with Gasteiger partial charge in [0, 0.05) is 25.6 Å². The zero-order valence-corrected chi connectivity index (χ0v) is 10.4. The molecule has 3 heteroatoms. The molecule has 1 aliphatic heterocycles. The van der Waals surface area contributed by atoms with Gasteiger partial charge in [-0.05, 0) is 44.2 Å². The molecule has 0 amide bonds. The van der Waals surface area contributed by atoms with E-state index < -0.39 is 0 Å². The fourth-order valence-corrected chi connectivity index (χ4v) is 3.01. The number of methoxy groups -OCH3 is 1. The standard InChI is InChI=1S/C13H23NO2/c1-10(3-8-16-2)12(15)11-9-13(11)4-6-14-7-5-13/h10-11,14H,3-9H2,1-2H3. The minimum Gasteiger partial charge on any atom is -0.385 e. The smallest absolute Gasteiger partial charge is 0.139 e. The molecule has 1 saturated carbocycles. The third kappa shape index (κ3) is 2.30. The van der Waals surface area contributed by atoms with Gasteiger partial charge in [0.25, 0.3) is 0 Å². The van der Waals surface area contributed by atoms with Crippen LogP contribution in [0.15, 0.2) is 0 Å². The van der Waals surface area contributed by atoms with Crippen LogP contribution in [0.2, 0.25) is 0 Å². The third-order valence-corrected chi connectivity index (χ3v) is 4.37. The van der Waals surface area contributed by atoms with Gasteiger partial charge in [-0.25, -0.2) is 0 Å². The Kier molecular flexibility index (Phi) is 3.65. The van der Waals surface area contributed by atoms with E-state index >= 15 is 0 Å². The SMILES string of the molecule is COCCC(C)C(=O)C1CC12CCNCC2. The molecule has 0 radical (unpaired) electrons. The lowest BCUT2D eigenvalue weighted by Gasteiger charge is -2.23. The first-order valence-corrected chi connectivity index (χ1v) is 6.43. The van der Waals surface area contributed by atoms with Gasteiger partial charge in [-0.15, -0.1) is 0 Å². The monoisotopic (exact) mass is 225 g/mol. The van der Waals surface area contributed by atoms with Crippen LogP contribution in [0.1, 0.15) is 32.6 Å². The molecule has 1 N–H and O–H groups in total. The van der Waals surface area contributed by atoms with Crippen molar-refractivity contribution < 1.29 is 9.53 Å². The topological polar surface area (TPSA) is 38.3 Å². The predicted molar refractivity (Wildman–Crippen MR) is 63.3 cm³/mol. The van der Waals surface area contributed by atoms with Crippen molar-refractivity contribution in [2.45, 2.75) is 32.6 Å². The molecule has 2 atom stereocenters. The summed E-state index contributed by atoms with van der Waals surface area (Å²) in [6.07, 6.45) is 4.41. The summed E-state index contributed by atoms with van der Waals surface area (Å²) >= 11 is 0. The van der Waals surface area contributed by atoms with Gasteiger partial charge >= 0.3 is 0 Å². The number of rotatable bonds is 5. The molecule has 2 rings (SSSR count). The molecule has 1 aliphatic carbocycles. The second kappa shape index (κ2) is 4.84. The highest BCUT2D eigenvalue weighted by molar-refractivity contribution is 5.86. The molecule has 0 aromatic carbocycles. The van der Waals surface area contributed by atoms with E-state index in [1.165, 1.54) is 12.8 Å². The molecule has 1 heterocycles. The molecule has 3 nitrogen and oxygen atoms in total. The second-order valence-corrected chi connectivity index (χ2v) is 5.45. The quantitative estimate of drug-likeness (QED) is 0.772. The molecule has 0 aromatic heterocycles. The number of nitrogens with one attached hydrogen (secondary N) is 1. The number of carbonyl (C=O) groups is 1. The van der Waals surface area contributed by atoms with Crippen molar-refractivity contribution in [2.24, 2.45) is 17.3 Å². The van der Waals surface area contributed by atoms with Crippen molar-refractivity contribution >= 4 is 5.78 Å². The van der Waals surface area contributed by atoms with Gasteiger partial charge < -0.3 is 10.1 Å². The number of Topliss-reactive ketones (excluding diaryl/α,β-unsaturated/α-hetero) is 1. The minimum atomic E-state index is 0.180. The van der Waals surface area contributed by atoms with E-state index in [1.54, 1.807) is 7.11 Å². The van der Waals surface area contributed by atoms with Crippen molar-refractivity contribution in [2.75, 3.05) is 26.8 Å². The van der Waals surface area contributed by atoms with Gasteiger partial charge in [-0.1, -0.05) is 6.92 Å². The van der Waals surface area contributed by atoms with E-state index in [-0.39, 0.29) is 5.92 Å². The average Bonchev–Trinajstić information content (AvgIpc) is 2.99. The average molecular weight is 225 g/mol. The van der Waals surface area contributed by atoms with Crippen LogP contribution >= 0.6 is 0 Å². The van der Waals surface area contributed by atoms with E-state index in [2.05, 4.69) is 12.2 Å². The first-order valence-electron chi connectivity index (χ1n) is 6.43. The summed E-state index contributed by atoms with van der Waals surface area (Å²) in [5.41, 5.74) is 0.393. The van der Waals surface area contributed by atoms with Crippen LogP contribution in [0.5, 0.6) is 0 Å². The molecule has 2 fully saturated rings. The minimum absolute atomic E-state index is 0.180. The highest BCUT2D eigenvalue weighted by atomic mass is 16.5. The first kappa shape index (κ1) is 12.1. The van der Waals surface area contributed by atoms with Crippen molar-refractivity contribution in [1.29, 1.82) is 0 Å². The molecular weight excluding hydrogens is 202 g/mol. The largest absolute Gasteiger partial charge is 0.385 e. The Labute approximate surface area is 97.9 Å². The maximum Gasteiger partial charge on any atom is 0.139 e. The normalized spacial score (nSPS) is 29.0. The Hall–Kier alpha value is -0.410. The van der Waals surface area contributed by atoms with Crippen LogP contribution < -0.4 is 5.32 Å². The van der Waals surface area contributed by atoms with Crippen LogP contribution in [-0.2, 0) is 9.53 Å². The van der Waals surface area contributed by atoms with Crippen LogP contribution in [0.4, 0.5) is 0 Å². The summed E-state index contributed by atoms with van der Waals surface area (Å²) < 4.78 is 5.04. The Morgan fingerprint density at radius 2 is 2.19 bits per heavy atom. The highest BCUT2D eigenvalue weighted by Crippen LogP contribution is 2.59. The number of piperidine rings is 1. The Morgan fingerprint density at radius 3 is 2.81 bits per heavy atom. The Balaban J connectivity index is 1.83. The van der Waals surface area contributed by atoms with Crippen LogP contribution in [0, 0.1) is 17.3 Å². The number of ether oxygens (including phenoxy) is 1. The van der Waals surface area contributed by atoms with Crippen LogP contribution in [0.3, 0.4) is 0 Å². The Morgan fingerprint density at radius 1 is 1.50 bits per heavy atom. The molecule has 0 bridgehead atoms. The van der Waals surface area contributed by atoms with Crippen molar-refractivity contribution in [3.8, 4) is 0 Å². The van der Waals surface area contributed by atoms with E-state index in [1.807, 2.05) is 0 Å². The predicted octanol–water partition coefficient (Wildman–Crippen LogP) is 1.62. The van der Waals surface area contributed by atoms with E-state index in [9.17, 15) is 4.79 Å². The zero-order chi connectivity index (χ0) is 11.6. The van der Waals surface area contributed by atoms with Gasteiger partial charge in [-0.3, -0.25) is 4.79 Å². The van der Waals surface area contributed by atoms with Crippen molar-refractivity contribution in [3.63, 3.8) is 0 Å². The summed E-state index contributed by atoms with van der Waals surface area (Å²) in [6.45, 7) is 4.94. The molecule has 1 spiro atoms. The molecular formula is C13H23NO2. The van der Waals surface area contributed by atoms with Gasteiger partial charge in [0.05, 0.1) is 0 Å². The lowest BCUT2D eigenvalue weighted by atomic mass is 9.87. The van der Waals surface area contributed by atoms with Gasteiger partial charge in [0.1, 0.15) is 5.78 Å². The molecule has 1 saturated heterocycles. The molecule has 2 aliphatic rings. The summed E-state index contributed by atoms with van der Waals surface area (Å²) in [6, 6.07) is 0. The summed E-state index contributed by atoms with van der Waals surface area (Å²) in [4.78, 5) is 12.2. The summed E-state index contributed by atoms with van der Waals surface area (Å²) in [7, 11) is 1.70. The second-order valence-electron chi connectivity index (χ2n) is 5.45. The van der Waals surface area contributed by atoms with Gasteiger partial charge in [0.2, 0.25) is 0 Å². The lowest BCUT2D eigenvalue weighted by molar-refractivity contribution is -0.125.